The fourth-order valence-corrected chi connectivity index (χ4v) is 8.97. The molecule has 2 aromatic carbocycles. The van der Waals surface area contributed by atoms with E-state index in [4.69, 9.17) is 28.2 Å². The van der Waals surface area contributed by atoms with Crippen molar-refractivity contribution >= 4 is 61.3 Å². The van der Waals surface area contributed by atoms with E-state index >= 15 is 0 Å². The van der Waals surface area contributed by atoms with Crippen LogP contribution in [0.4, 0.5) is 4.79 Å². The lowest BCUT2D eigenvalue weighted by Gasteiger charge is -2.38. The van der Waals surface area contributed by atoms with E-state index in [9.17, 15) is 18.0 Å². The predicted molar refractivity (Wildman–Crippen MR) is 182 cm³/mol. The SMILES string of the molecule is CNS(=O)(=O)NC(=O)N1CCC(CC(=O)N2CCC(C3c4ncc(Br)cc4CCc4cc(Cl)cc(Cl)c43)CC2)C1c1ccccc1. The monoisotopic (exact) mass is 747 g/mol. The Labute approximate surface area is 288 Å². The number of aryl methyl sites for hydroxylation is 2. The molecule has 0 saturated carbocycles. The Morgan fingerprint density at radius 2 is 1.72 bits per heavy atom. The Morgan fingerprint density at radius 3 is 2.43 bits per heavy atom. The number of carbonyl (C=O) groups is 2. The van der Waals surface area contributed by atoms with Gasteiger partial charge < -0.3 is 9.80 Å². The zero-order chi connectivity index (χ0) is 32.6. The van der Waals surface area contributed by atoms with Crippen molar-refractivity contribution in [2.45, 2.75) is 50.5 Å². The average molecular weight is 750 g/mol. The van der Waals surface area contributed by atoms with E-state index in [1.807, 2.05) is 53.6 Å². The van der Waals surface area contributed by atoms with Crippen LogP contribution in [0.2, 0.25) is 10.0 Å². The number of carbonyl (C=O) groups excluding carboxylic acids is 2. The van der Waals surface area contributed by atoms with Crippen LogP contribution < -0.4 is 9.44 Å². The zero-order valence-electron chi connectivity index (χ0n) is 25.4. The lowest BCUT2D eigenvalue weighted by Crippen LogP contribution is -2.46. The first-order valence-electron chi connectivity index (χ1n) is 15.5. The second-order valence-corrected chi connectivity index (χ2v) is 15.6. The molecule has 3 atom stereocenters. The van der Waals surface area contributed by atoms with Gasteiger partial charge in [0.1, 0.15) is 0 Å². The summed E-state index contributed by atoms with van der Waals surface area (Å²) in [5.41, 5.74) is 5.37. The van der Waals surface area contributed by atoms with Crippen LogP contribution in [0.3, 0.4) is 0 Å². The van der Waals surface area contributed by atoms with Gasteiger partial charge in [-0.1, -0.05) is 53.5 Å². The largest absolute Gasteiger partial charge is 0.343 e. The molecule has 6 rings (SSSR count). The maximum Gasteiger partial charge on any atom is 0.332 e. The second-order valence-electron chi connectivity index (χ2n) is 12.3. The Kier molecular flexibility index (Phi) is 9.97. The van der Waals surface area contributed by atoms with Gasteiger partial charge in [0, 0.05) is 59.7 Å². The van der Waals surface area contributed by atoms with Gasteiger partial charge in [-0.3, -0.25) is 9.78 Å². The molecular weight excluding hydrogens is 713 g/mol. The van der Waals surface area contributed by atoms with E-state index < -0.39 is 22.3 Å². The Morgan fingerprint density at radius 1 is 1.00 bits per heavy atom. The third-order valence-electron chi connectivity index (χ3n) is 9.63. The standard InChI is InChI=1S/C33H36BrCl2N5O4S/c1-37-46(44,45)39-33(43)41-14-11-24(32(41)21-5-3-2-4-6-21)17-28(42)40-12-9-20(10-13-40)30-29-22(16-26(35)18-27(29)36)7-8-23-15-25(34)19-38-31(23)30/h2-6,15-16,18-20,24,30,32,37H,7-14,17H2,1H3,(H,39,43). The number of hydrogen-bond donors (Lipinski definition) is 2. The average Bonchev–Trinajstić information content (AvgIpc) is 3.38. The van der Waals surface area contributed by atoms with Gasteiger partial charge in [-0.25, -0.2) is 14.2 Å². The number of fused-ring (bicyclic) bond motifs is 2. The number of halogens is 3. The van der Waals surface area contributed by atoms with Crippen molar-refractivity contribution < 1.29 is 18.0 Å². The molecular formula is C33H36BrCl2N5O4S. The predicted octanol–water partition coefficient (Wildman–Crippen LogP) is 6.25. The quantitative estimate of drug-likeness (QED) is 0.310. The Bertz CT molecular complexity index is 1740. The van der Waals surface area contributed by atoms with Gasteiger partial charge in [-0.2, -0.15) is 8.42 Å². The van der Waals surface area contributed by atoms with Gasteiger partial charge in [0.05, 0.1) is 11.7 Å². The molecule has 13 heteroatoms. The highest BCUT2D eigenvalue weighted by Gasteiger charge is 2.42. The molecule has 244 valence electrons. The van der Waals surface area contributed by atoms with Crippen molar-refractivity contribution in [2.75, 3.05) is 26.7 Å². The van der Waals surface area contributed by atoms with Gasteiger partial charge in [0.25, 0.3) is 0 Å². The zero-order valence-corrected chi connectivity index (χ0v) is 29.3. The van der Waals surface area contributed by atoms with Gasteiger partial charge in [-0.05, 0) is 100 Å². The van der Waals surface area contributed by atoms with Crippen LogP contribution in [0, 0.1) is 11.8 Å². The first kappa shape index (κ1) is 33.2. The summed E-state index contributed by atoms with van der Waals surface area (Å²) in [4.78, 5) is 35.2. The molecule has 3 amide bonds. The summed E-state index contributed by atoms with van der Waals surface area (Å²) in [5.74, 6) is 0.134. The summed E-state index contributed by atoms with van der Waals surface area (Å²) in [7, 11) is -2.73. The van der Waals surface area contributed by atoms with E-state index in [0.717, 1.165) is 52.5 Å². The first-order chi connectivity index (χ1) is 22.0. The third kappa shape index (κ3) is 6.94. The summed E-state index contributed by atoms with van der Waals surface area (Å²) in [6.45, 7) is 1.57. The van der Waals surface area contributed by atoms with Crippen LogP contribution in [-0.4, -0.2) is 61.8 Å². The molecule has 0 bridgehead atoms. The summed E-state index contributed by atoms with van der Waals surface area (Å²) < 4.78 is 29.3. The number of urea groups is 1. The molecule has 9 nitrogen and oxygen atoms in total. The minimum Gasteiger partial charge on any atom is -0.343 e. The number of nitrogens with zero attached hydrogens (tertiary/aromatic N) is 3. The summed E-state index contributed by atoms with van der Waals surface area (Å²) in [6.07, 6.45) is 5.98. The van der Waals surface area contributed by atoms with Crippen LogP contribution in [-0.2, 0) is 27.8 Å². The lowest BCUT2D eigenvalue weighted by atomic mass is 9.76. The molecule has 0 spiro atoms. The highest BCUT2D eigenvalue weighted by atomic mass is 79.9. The van der Waals surface area contributed by atoms with Crippen molar-refractivity contribution in [3.63, 3.8) is 0 Å². The minimum absolute atomic E-state index is 0.000807. The smallest absolute Gasteiger partial charge is 0.332 e. The highest BCUT2D eigenvalue weighted by Crippen LogP contribution is 2.46. The van der Waals surface area contributed by atoms with Gasteiger partial charge in [0.2, 0.25) is 5.91 Å². The van der Waals surface area contributed by atoms with Crippen molar-refractivity contribution in [1.82, 2.24) is 24.2 Å². The molecule has 3 aromatic rings. The number of hydrogen-bond acceptors (Lipinski definition) is 5. The molecule has 0 radical (unpaired) electrons. The van der Waals surface area contributed by atoms with Crippen molar-refractivity contribution in [3.8, 4) is 0 Å². The van der Waals surface area contributed by atoms with Crippen LogP contribution >= 0.6 is 39.1 Å². The van der Waals surface area contributed by atoms with E-state index in [1.165, 1.54) is 17.5 Å². The molecule has 3 aliphatic rings. The van der Waals surface area contributed by atoms with Crippen LogP contribution in [0.1, 0.15) is 65.6 Å². The van der Waals surface area contributed by atoms with Crippen molar-refractivity contribution in [3.05, 3.63) is 97.2 Å². The number of amides is 3. The maximum atomic E-state index is 13.8. The Hall–Kier alpha value is -2.70. The van der Waals surface area contributed by atoms with E-state index in [0.29, 0.717) is 36.1 Å². The topological polar surface area (TPSA) is 112 Å². The molecule has 1 aromatic heterocycles. The van der Waals surface area contributed by atoms with E-state index in [-0.39, 0.29) is 30.1 Å². The molecule has 46 heavy (non-hydrogen) atoms. The summed E-state index contributed by atoms with van der Waals surface area (Å²) >= 11 is 16.9. The van der Waals surface area contributed by atoms with Crippen LogP contribution in [0.15, 0.2) is 59.2 Å². The molecule has 3 unspecified atom stereocenters. The molecule has 3 heterocycles. The van der Waals surface area contributed by atoms with E-state index in [1.54, 1.807) is 0 Å². The first-order valence-corrected chi connectivity index (χ1v) is 18.5. The maximum absolute atomic E-state index is 13.8. The summed E-state index contributed by atoms with van der Waals surface area (Å²) in [5, 5.41) is 1.29. The van der Waals surface area contributed by atoms with Crippen LogP contribution in [0.5, 0.6) is 0 Å². The number of benzene rings is 2. The van der Waals surface area contributed by atoms with Gasteiger partial charge >= 0.3 is 16.2 Å². The number of aromatic nitrogens is 1. The molecule has 2 N–H and O–H groups in total. The number of rotatable bonds is 6. The minimum atomic E-state index is -3.97. The Balaban J connectivity index is 1.19. The van der Waals surface area contributed by atoms with Gasteiger partial charge in [0.15, 0.2) is 0 Å². The fourth-order valence-electron chi connectivity index (χ4n) is 7.49. The fraction of sp³-hybridized carbons (Fsp3) is 0.424. The molecule has 2 fully saturated rings. The lowest BCUT2D eigenvalue weighted by molar-refractivity contribution is -0.133. The van der Waals surface area contributed by atoms with Crippen LogP contribution in [0.25, 0.3) is 0 Å². The molecule has 2 aliphatic heterocycles. The third-order valence-corrected chi connectivity index (χ3v) is 11.6. The number of likely N-dealkylation sites (tertiary alicyclic amines) is 2. The van der Waals surface area contributed by atoms with Crippen molar-refractivity contribution in [1.29, 1.82) is 0 Å². The number of pyridine rings is 1. The number of nitrogens with one attached hydrogen (secondary N) is 2. The number of piperidine rings is 1. The molecule has 1 aliphatic carbocycles. The van der Waals surface area contributed by atoms with Crippen molar-refractivity contribution in [2.24, 2.45) is 11.8 Å². The normalized spacial score (nSPS) is 21.8. The van der Waals surface area contributed by atoms with Gasteiger partial charge in [-0.15, -0.1) is 0 Å². The summed E-state index contributed by atoms with van der Waals surface area (Å²) in [6, 6.07) is 14.4. The second kappa shape index (κ2) is 13.8. The van der Waals surface area contributed by atoms with E-state index in [2.05, 4.69) is 31.4 Å². The highest BCUT2D eigenvalue weighted by molar-refractivity contribution is 9.10. The molecule has 2 saturated heterocycles.